The molecule has 0 fully saturated rings. The van der Waals surface area contributed by atoms with Crippen molar-refractivity contribution in [2.45, 2.75) is 56.4 Å². The Hall–Kier alpha value is -3.60. The lowest BCUT2D eigenvalue weighted by Crippen LogP contribution is -2.31. The zero-order valence-corrected chi connectivity index (χ0v) is 25.5. The third-order valence-electron chi connectivity index (χ3n) is 6.96. The third kappa shape index (κ3) is 7.58. The number of anilines is 1. The number of thioether (sulfide) groups is 1. The van der Waals surface area contributed by atoms with Crippen LogP contribution in [-0.2, 0) is 22.8 Å². The molecule has 0 saturated carbocycles. The summed E-state index contributed by atoms with van der Waals surface area (Å²) in [4.78, 5) is 31.3. The lowest BCUT2D eigenvalue weighted by atomic mass is 10.0. The maximum atomic E-state index is 13.3. The highest BCUT2D eigenvalue weighted by Crippen LogP contribution is 2.37. The van der Waals surface area contributed by atoms with Gasteiger partial charge in [-0.05, 0) is 47.9 Å². The summed E-state index contributed by atoms with van der Waals surface area (Å²) in [5, 5.41) is 6.91. The molecular weight excluding hydrogens is 553 g/mol. The molecule has 2 aromatic carbocycles. The molecule has 10 heteroatoms. The number of rotatable bonds is 10. The number of carbonyl (C=O) groups is 2. The van der Waals surface area contributed by atoms with E-state index >= 15 is 0 Å². The number of benzene rings is 2. The number of carbonyl (C=O) groups excluding carboxylic acids is 2. The van der Waals surface area contributed by atoms with Gasteiger partial charge in [-0.25, -0.2) is 9.78 Å². The maximum Gasteiger partial charge on any atom is 0.407 e. The highest BCUT2D eigenvalue weighted by atomic mass is 32.2. The summed E-state index contributed by atoms with van der Waals surface area (Å²) >= 11 is 1.69. The van der Waals surface area contributed by atoms with Crippen molar-refractivity contribution < 1.29 is 19.1 Å². The second-order valence-electron chi connectivity index (χ2n) is 11.3. The smallest absolute Gasteiger partial charge is 0.407 e. The molecule has 214 valence electrons. The molecule has 0 aliphatic carbocycles. The first-order valence-corrected chi connectivity index (χ1v) is 18.5. The van der Waals surface area contributed by atoms with Crippen LogP contribution < -0.4 is 10.6 Å². The van der Waals surface area contributed by atoms with E-state index in [2.05, 4.69) is 35.3 Å². The number of amides is 2. The number of hydrogen-bond acceptors (Lipinski definition) is 6. The molecule has 0 bridgehead atoms. The van der Waals surface area contributed by atoms with Crippen molar-refractivity contribution in [3.63, 3.8) is 0 Å². The lowest BCUT2D eigenvalue weighted by Gasteiger charge is -2.26. The van der Waals surface area contributed by atoms with E-state index in [4.69, 9.17) is 9.47 Å². The quantitative estimate of drug-likeness (QED) is 0.152. The van der Waals surface area contributed by atoms with Crippen LogP contribution in [0.1, 0.15) is 33.9 Å². The van der Waals surface area contributed by atoms with Crippen molar-refractivity contribution in [3.8, 4) is 0 Å². The molecule has 1 aliphatic heterocycles. The van der Waals surface area contributed by atoms with E-state index in [0.717, 1.165) is 51.9 Å². The molecule has 4 aromatic rings. The van der Waals surface area contributed by atoms with Gasteiger partial charge in [0.2, 0.25) is 0 Å². The van der Waals surface area contributed by atoms with E-state index in [1.807, 2.05) is 65.4 Å². The molecule has 0 saturated heterocycles. The second kappa shape index (κ2) is 12.9. The molecule has 2 amide bonds. The summed E-state index contributed by atoms with van der Waals surface area (Å²) in [7, 11) is -1.15. The summed E-state index contributed by atoms with van der Waals surface area (Å²) in [5.74, 6) is 0.637. The fourth-order valence-corrected chi connectivity index (χ4v) is 6.54. The Morgan fingerprint density at radius 2 is 1.93 bits per heavy atom. The molecule has 2 aromatic heterocycles. The molecular formula is C31H36N4O4SSi. The Morgan fingerprint density at radius 3 is 2.73 bits per heavy atom. The van der Waals surface area contributed by atoms with Gasteiger partial charge in [0.15, 0.2) is 0 Å². The number of ether oxygens (including phenoxy) is 2. The largest absolute Gasteiger partial charge is 0.445 e. The van der Waals surface area contributed by atoms with Gasteiger partial charge in [0.05, 0.1) is 11.7 Å². The summed E-state index contributed by atoms with van der Waals surface area (Å²) in [6.45, 7) is 8.37. The first-order valence-electron chi connectivity index (χ1n) is 13.8. The summed E-state index contributed by atoms with van der Waals surface area (Å²) in [6.07, 6.45) is 3.98. The van der Waals surface area contributed by atoms with Gasteiger partial charge in [-0.15, -0.1) is 11.8 Å². The SMILES string of the molecule is C[Si](C)(C)CCOCn1ccc2c(NC(=O)c3ccc4c(c3)SCCC4NC(=O)OCc3ccccc3)ccnc21. The topological polar surface area (TPSA) is 94.5 Å². The molecule has 1 unspecified atom stereocenters. The predicted molar refractivity (Wildman–Crippen MR) is 166 cm³/mol. The van der Waals surface area contributed by atoms with Crippen LogP contribution in [0.5, 0.6) is 0 Å². The van der Waals surface area contributed by atoms with Crippen molar-refractivity contribution >= 4 is 48.6 Å². The van der Waals surface area contributed by atoms with Crippen molar-refractivity contribution in [1.82, 2.24) is 14.9 Å². The van der Waals surface area contributed by atoms with Crippen LogP contribution in [0, 0.1) is 0 Å². The predicted octanol–water partition coefficient (Wildman–Crippen LogP) is 7.06. The van der Waals surface area contributed by atoms with E-state index in [9.17, 15) is 9.59 Å². The molecule has 1 atom stereocenters. The van der Waals surface area contributed by atoms with Gasteiger partial charge < -0.3 is 24.7 Å². The maximum absolute atomic E-state index is 13.3. The Bertz CT molecular complexity index is 1520. The standard InChI is InChI=1S/C31H36N4O4SSi/c1-41(2,3)18-16-38-21-35-15-12-25-26(11-14-32-29(25)35)33-30(36)23-9-10-24-27(13-17-40-28(24)19-23)34-31(37)39-20-22-7-5-4-6-8-22/h4-12,14-15,19,27H,13,16-18,20-21H2,1-3H3,(H,34,37)(H,32,33,36). The van der Waals surface area contributed by atoms with Gasteiger partial charge in [-0.2, -0.15) is 0 Å². The number of nitrogens with one attached hydrogen (secondary N) is 2. The highest BCUT2D eigenvalue weighted by Gasteiger charge is 2.24. The third-order valence-corrected chi connectivity index (χ3v) is 9.77. The second-order valence-corrected chi connectivity index (χ2v) is 18.1. The van der Waals surface area contributed by atoms with Crippen LogP contribution in [0.3, 0.4) is 0 Å². The van der Waals surface area contributed by atoms with Gasteiger partial charge in [-0.1, -0.05) is 56.0 Å². The first-order chi connectivity index (χ1) is 19.8. The van der Waals surface area contributed by atoms with Crippen molar-refractivity contribution in [3.05, 3.63) is 89.7 Å². The normalized spacial score (nSPS) is 14.9. The minimum Gasteiger partial charge on any atom is -0.445 e. The van der Waals surface area contributed by atoms with E-state index in [0.29, 0.717) is 18.0 Å². The summed E-state index contributed by atoms with van der Waals surface area (Å²) in [5.41, 5.74) is 3.96. The van der Waals surface area contributed by atoms with Gasteiger partial charge in [0.25, 0.3) is 5.91 Å². The van der Waals surface area contributed by atoms with Crippen molar-refractivity contribution in [2.24, 2.45) is 0 Å². The Balaban J connectivity index is 1.22. The zero-order chi connectivity index (χ0) is 28.8. The van der Waals surface area contributed by atoms with Crippen LogP contribution in [0.2, 0.25) is 25.7 Å². The Morgan fingerprint density at radius 1 is 1.10 bits per heavy atom. The average molecular weight is 589 g/mol. The Labute approximate surface area is 245 Å². The van der Waals surface area contributed by atoms with Gasteiger partial charge in [0.1, 0.15) is 19.0 Å². The number of nitrogens with zero attached hydrogens (tertiary/aromatic N) is 2. The van der Waals surface area contributed by atoms with Crippen LogP contribution >= 0.6 is 11.8 Å². The average Bonchev–Trinajstić information content (AvgIpc) is 3.38. The van der Waals surface area contributed by atoms with E-state index < -0.39 is 14.2 Å². The van der Waals surface area contributed by atoms with Crippen LogP contribution in [0.25, 0.3) is 11.0 Å². The van der Waals surface area contributed by atoms with E-state index in [1.165, 1.54) is 0 Å². The van der Waals surface area contributed by atoms with Gasteiger partial charge >= 0.3 is 6.09 Å². The molecule has 8 nitrogen and oxygen atoms in total. The minimum absolute atomic E-state index is 0.167. The van der Waals surface area contributed by atoms with Crippen LogP contribution in [0.4, 0.5) is 10.5 Å². The zero-order valence-electron chi connectivity index (χ0n) is 23.7. The molecule has 0 spiro atoms. The van der Waals surface area contributed by atoms with Gasteiger partial charge in [0, 0.05) is 48.7 Å². The van der Waals surface area contributed by atoms with E-state index in [1.54, 1.807) is 24.0 Å². The molecule has 2 N–H and O–H groups in total. The highest BCUT2D eigenvalue weighted by molar-refractivity contribution is 7.99. The number of pyridine rings is 1. The summed E-state index contributed by atoms with van der Waals surface area (Å²) in [6, 6.07) is 19.9. The van der Waals surface area contributed by atoms with Gasteiger partial charge in [-0.3, -0.25) is 4.79 Å². The minimum atomic E-state index is -1.15. The van der Waals surface area contributed by atoms with Crippen LogP contribution in [-0.4, -0.2) is 42.0 Å². The van der Waals surface area contributed by atoms with Crippen LogP contribution in [0.15, 0.2) is 78.0 Å². The number of hydrogen-bond donors (Lipinski definition) is 2. The van der Waals surface area contributed by atoms with Crippen molar-refractivity contribution in [1.29, 1.82) is 0 Å². The molecule has 1 aliphatic rings. The van der Waals surface area contributed by atoms with E-state index in [-0.39, 0.29) is 18.6 Å². The molecule has 5 rings (SSSR count). The fraction of sp³-hybridized carbons (Fsp3) is 0.323. The fourth-order valence-electron chi connectivity index (χ4n) is 4.63. The summed E-state index contributed by atoms with van der Waals surface area (Å²) < 4.78 is 13.3. The first kappa shape index (κ1) is 28.9. The Kier molecular flexibility index (Phi) is 9.11. The number of aromatic nitrogens is 2. The molecule has 0 radical (unpaired) electrons. The number of fused-ring (bicyclic) bond motifs is 2. The molecule has 41 heavy (non-hydrogen) atoms. The number of alkyl carbamates (subject to hydrolysis) is 1. The lowest BCUT2D eigenvalue weighted by molar-refractivity contribution is 0.0899. The van der Waals surface area contributed by atoms with Crippen molar-refractivity contribution in [2.75, 3.05) is 17.7 Å². The molecule has 3 heterocycles. The monoisotopic (exact) mass is 588 g/mol.